The zero-order chi connectivity index (χ0) is 10.9. The van der Waals surface area contributed by atoms with Crippen LogP contribution >= 0.6 is 11.6 Å². The molecule has 1 rings (SSSR count). The van der Waals surface area contributed by atoms with Crippen molar-refractivity contribution in [3.8, 4) is 0 Å². The van der Waals surface area contributed by atoms with E-state index in [1.54, 1.807) is 0 Å². The highest BCUT2D eigenvalue weighted by molar-refractivity contribution is 7.86. The molecule has 0 amide bonds. The first-order valence-electron chi connectivity index (χ1n) is 3.33. The number of carboxylic acids is 1. The number of hydrogen-bond donors (Lipinski definition) is 2. The van der Waals surface area contributed by atoms with Crippen LogP contribution in [0.1, 0.15) is 10.4 Å². The summed E-state index contributed by atoms with van der Waals surface area (Å²) in [5.41, 5.74) is -0.556. The number of aromatic carboxylic acids is 1. The lowest BCUT2D eigenvalue weighted by atomic mass is 10.2. The topological polar surface area (TPSA) is 91.7 Å². The second kappa shape index (κ2) is 3.56. The zero-order valence-electron chi connectivity index (χ0n) is 6.64. The highest BCUT2D eigenvalue weighted by atomic mass is 35.5. The third-order valence-electron chi connectivity index (χ3n) is 1.46. The van der Waals surface area contributed by atoms with Crippen LogP contribution in [0.25, 0.3) is 0 Å². The normalized spacial score (nSPS) is 11.3. The van der Waals surface area contributed by atoms with Crippen molar-refractivity contribution >= 4 is 27.7 Å². The smallest absolute Gasteiger partial charge is 0.337 e. The van der Waals surface area contributed by atoms with Crippen molar-refractivity contribution in [1.29, 1.82) is 0 Å². The summed E-state index contributed by atoms with van der Waals surface area (Å²) in [4.78, 5) is 9.80. The molecule has 0 saturated carbocycles. The van der Waals surface area contributed by atoms with Crippen molar-refractivity contribution in [3.63, 3.8) is 0 Å². The molecule has 0 aliphatic rings. The molecular weight excluding hydrogens is 232 g/mol. The first kappa shape index (κ1) is 11.0. The monoisotopic (exact) mass is 236 g/mol. The highest BCUT2D eigenvalue weighted by Gasteiger charge is 2.22. The summed E-state index contributed by atoms with van der Waals surface area (Å²) in [7, 11) is -4.62. The molecule has 0 aliphatic carbocycles. The highest BCUT2D eigenvalue weighted by Crippen LogP contribution is 2.24. The number of carbonyl (C=O) groups is 1. The molecule has 0 atom stereocenters. The van der Waals surface area contributed by atoms with Gasteiger partial charge in [0.1, 0.15) is 4.90 Å². The first-order valence-corrected chi connectivity index (χ1v) is 5.15. The van der Waals surface area contributed by atoms with Crippen molar-refractivity contribution in [2.45, 2.75) is 4.90 Å². The molecular formula is C7H5ClO5S. The van der Waals surface area contributed by atoms with Crippen LogP contribution in [0.4, 0.5) is 0 Å². The predicted molar refractivity (Wildman–Crippen MR) is 48.2 cm³/mol. The third-order valence-corrected chi connectivity index (χ3v) is 2.84. The molecule has 0 radical (unpaired) electrons. The van der Waals surface area contributed by atoms with Gasteiger partial charge in [-0.15, -0.1) is 0 Å². The van der Waals surface area contributed by atoms with E-state index < -0.39 is 26.5 Å². The van der Waals surface area contributed by atoms with Gasteiger partial charge in [-0.05, 0) is 12.1 Å². The Labute approximate surface area is 84.7 Å². The summed E-state index contributed by atoms with van der Waals surface area (Å²) in [5, 5.41) is 8.29. The fourth-order valence-electron chi connectivity index (χ4n) is 0.939. The molecule has 5 nitrogen and oxygen atoms in total. The number of rotatable bonds is 2. The standard InChI is InChI=1S/C7H5ClO5S/c8-5-3-1-2-4(7(9)10)6(5)14(11,12)13/h1-3H,(H,9,10)(H,11,12,13). The van der Waals surface area contributed by atoms with E-state index in [1.165, 1.54) is 12.1 Å². The van der Waals surface area contributed by atoms with Crippen LogP contribution in [0.15, 0.2) is 23.1 Å². The van der Waals surface area contributed by atoms with Gasteiger partial charge >= 0.3 is 5.97 Å². The van der Waals surface area contributed by atoms with Gasteiger partial charge in [0.15, 0.2) is 0 Å². The zero-order valence-corrected chi connectivity index (χ0v) is 8.21. The molecule has 14 heavy (non-hydrogen) atoms. The van der Waals surface area contributed by atoms with E-state index in [4.69, 9.17) is 21.3 Å². The molecule has 0 spiro atoms. The van der Waals surface area contributed by atoms with E-state index in [2.05, 4.69) is 0 Å². The van der Waals surface area contributed by atoms with Crippen molar-refractivity contribution in [1.82, 2.24) is 0 Å². The Hall–Kier alpha value is -1.11. The fourth-order valence-corrected chi connectivity index (χ4v) is 2.15. The Bertz CT molecular complexity index is 479. The molecule has 0 fully saturated rings. The van der Waals surface area contributed by atoms with Crippen molar-refractivity contribution in [2.24, 2.45) is 0 Å². The second-order valence-corrected chi connectivity index (χ2v) is 4.16. The summed E-state index contributed by atoms with van der Waals surface area (Å²) >= 11 is 5.46. The quantitative estimate of drug-likeness (QED) is 0.755. The lowest BCUT2D eigenvalue weighted by Gasteiger charge is -2.03. The Kier molecular flexibility index (Phi) is 2.79. The number of hydrogen-bond acceptors (Lipinski definition) is 3. The maximum absolute atomic E-state index is 10.8. The van der Waals surface area contributed by atoms with Gasteiger partial charge in [0.05, 0.1) is 10.6 Å². The first-order chi connectivity index (χ1) is 6.34. The number of halogens is 1. The van der Waals surface area contributed by atoms with Crippen LogP contribution in [-0.2, 0) is 10.1 Å². The molecule has 2 N–H and O–H groups in total. The summed E-state index contributed by atoms with van der Waals surface area (Å²) in [6, 6.07) is 3.49. The predicted octanol–water partition coefficient (Wildman–Crippen LogP) is 1.28. The lowest BCUT2D eigenvalue weighted by molar-refractivity contribution is 0.0692. The van der Waals surface area contributed by atoms with Gasteiger partial charge in [0.25, 0.3) is 10.1 Å². The van der Waals surface area contributed by atoms with Crippen LogP contribution in [-0.4, -0.2) is 24.0 Å². The Balaban J connectivity index is 3.62. The number of benzene rings is 1. The molecule has 0 aliphatic heterocycles. The van der Waals surface area contributed by atoms with Gasteiger partial charge in [0.2, 0.25) is 0 Å². The summed E-state index contributed by atoms with van der Waals surface area (Å²) in [6.45, 7) is 0. The van der Waals surface area contributed by atoms with Crippen molar-refractivity contribution in [3.05, 3.63) is 28.8 Å². The van der Waals surface area contributed by atoms with Gasteiger partial charge in [0, 0.05) is 0 Å². The van der Waals surface area contributed by atoms with Crippen LogP contribution in [0.2, 0.25) is 5.02 Å². The second-order valence-electron chi connectivity index (χ2n) is 2.40. The number of carboxylic acid groups (broad SMARTS) is 1. The molecule has 0 saturated heterocycles. The summed E-state index contributed by atoms with van der Waals surface area (Å²) in [6.07, 6.45) is 0. The maximum atomic E-state index is 10.8. The van der Waals surface area contributed by atoms with Crippen molar-refractivity contribution < 1.29 is 22.9 Å². The molecule has 1 aromatic carbocycles. The minimum atomic E-state index is -4.62. The van der Waals surface area contributed by atoms with E-state index in [0.29, 0.717) is 0 Å². The third kappa shape index (κ3) is 2.03. The molecule has 0 bridgehead atoms. The van der Waals surface area contributed by atoms with Crippen LogP contribution < -0.4 is 0 Å². The molecule has 7 heteroatoms. The largest absolute Gasteiger partial charge is 0.478 e. The average Bonchev–Trinajstić information content (AvgIpc) is 2.01. The average molecular weight is 237 g/mol. The Morgan fingerprint density at radius 3 is 2.29 bits per heavy atom. The van der Waals surface area contributed by atoms with E-state index in [0.717, 1.165) is 6.07 Å². The van der Waals surface area contributed by atoms with E-state index in [1.807, 2.05) is 0 Å². The van der Waals surface area contributed by atoms with Crippen LogP contribution in [0, 0.1) is 0 Å². The molecule has 1 aromatic rings. The SMILES string of the molecule is O=C(O)c1cccc(Cl)c1S(=O)(=O)O. The molecule has 0 aromatic heterocycles. The summed E-state index contributed by atoms with van der Waals surface area (Å²) in [5.74, 6) is -1.47. The minimum absolute atomic E-state index is 0.326. The minimum Gasteiger partial charge on any atom is -0.478 e. The molecule has 0 unspecified atom stereocenters. The van der Waals surface area contributed by atoms with Crippen molar-refractivity contribution in [2.75, 3.05) is 0 Å². The maximum Gasteiger partial charge on any atom is 0.337 e. The van der Waals surface area contributed by atoms with Gasteiger partial charge < -0.3 is 5.11 Å². The Morgan fingerprint density at radius 2 is 1.93 bits per heavy atom. The van der Waals surface area contributed by atoms with E-state index in [9.17, 15) is 13.2 Å². The molecule has 76 valence electrons. The Morgan fingerprint density at radius 1 is 1.36 bits per heavy atom. The van der Waals surface area contributed by atoms with Gasteiger partial charge in [-0.3, -0.25) is 4.55 Å². The van der Waals surface area contributed by atoms with Gasteiger partial charge in [-0.2, -0.15) is 8.42 Å². The van der Waals surface area contributed by atoms with E-state index in [-0.39, 0.29) is 5.02 Å². The van der Waals surface area contributed by atoms with Gasteiger partial charge in [-0.1, -0.05) is 17.7 Å². The fraction of sp³-hybridized carbons (Fsp3) is 0. The summed E-state index contributed by atoms with van der Waals surface area (Å²) < 4.78 is 30.3. The van der Waals surface area contributed by atoms with Crippen LogP contribution in [0.5, 0.6) is 0 Å². The van der Waals surface area contributed by atoms with Crippen LogP contribution in [0.3, 0.4) is 0 Å². The van der Waals surface area contributed by atoms with Gasteiger partial charge in [-0.25, -0.2) is 4.79 Å². The van der Waals surface area contributed by atoms with E-state index >= 15 is 0 Å². The molecule has 0 heterocycles. The lowest BCUT2D eigenvalue weighted by Crippen LogP contribution is -2.08.